The van der Waals surface area contributed by atoms with Gasteiger partial charge in [0.15, 0.2) is 0 Å². The molecule has 0 aliphatic carbocycles. The van der Waals surface area contributed by atoms with Gasteiger partial charge in [-0.05, 0) is 19.1 Å². The number of aromatic nitrogens is 3. The van der Waals surface area contributed by atoms with Gasteiger partial charge in [-0.3, -0.25) is 9.59 Å². The van der Waals surface area contributed by atoms with Gasteiger partial charge in [0.05, 0.1) is 5.69 Å². The number of carbonyl (C=O) groups is 2. The van der Waals surface area contributed by atoms with Crippen molar-refractivity contribution in [3.8, 4) is 11.4 Å². The van der Waals surface area contributed by atoms with Crippen LogP contribution in [0.25, 0.3) is 11.4 Å². The molecular formula is C17H16N4O3. The number of Topliss-reactive ketones (excluding diaryl/α,β-unsaturated/α-hetero) is 1. The minimum atomic E-state index is -0.719. The third-order valence-corrected chi connectivity index (χ3v) is 3.57. The molecule has 1 N–H and O–H groups in total. The van der Waals surface area contributed by atoms with E-state index in [1.54, 1.807) is 36.9 Å². The van der Waals surface area contributed by atoms with Crippen molar-refractivity contribution in [3.63, 3.8) is 0 Å². The van der Waals surface area contributed by atoms with Crippen LogP contribution in [0, 0.1) is 0 Å². The fourth-order valence-corrected chi connectivity index (χ4v) is 2.25. The summed E-state index contributed by atoms with van der Waals surface area (Å²) in [7, 11) is 1.70. The average molecular weight is 324 g/mol. The van der Waals surface area contributed by atoms with Crippen LogP contribution in [0.1, 0.15) is 29.3 Å². The molecule has 0 aliphatic heterocycles. The van der Waals surface area contributed by atoms with Gasteiger partial charge >= 0.3 is 0 Å². The highest BCUT2D eigenvalue weighted by Crippen LogP contribution is 2.18. The van der Waals surface area contributed by atoms with E-state index >= 15 is 0 Å². The van der Waals surface area contributed by atoms with E-state index in [0.29, 0.717) is 11.5 Å². The van der Waals surface area contributed by atoms with E-state index in [0.717, 1.165) is 5.56 Å². The lowest BCUT2D eigenvalue weighted by atomic mass is 10.2. The quantitative estimate of drug-likeness (QED) is 0.573. The molecule has 24 heavy (non-hydrogen) atoms. The molecule has 1 amide bonds. The lowest BCUT2D eigenvalue weighted by molar-refractivity contribution is -0.117. The van der Waals surface area contributed by atoms with Gasteiger partial charge in [-0.2, -0.15) is 4.98 Å². The Balaban J connectivity index is 1.70. The fourth-order valence-electron chi connectivity index (χ4n) is 2.25. The molecule has 2 aromatic heterocycles. The third kappa shape index (κ3) is 3.10. The first-order valence-electron chi connectivity index (χ1n) is 7.42. The number of nitrogens with one attached hydrogen (secondary N) is 1. The summed E-state index contributed by atoms with van der Waals surface area (Å²) < 4.78 is 6.77. The molecule has 3 rings (SSSR count). The molecule has 0 saturated carbocycles. The Labute approximate surface area is 138 Å². The van der Waals surface area contributed by atoms with Gasteiger partial charge in [-0.15, -0.1) is 0 Å². The van der Waals surface area contributed by atoms with E-state index in [1.807, 2.05) is 30.3 Å². The zero-order valence-electron chi connectivity index (χ0n) is 13.3. The van der Waals surface area contributed by atoms with Crippen molar-refractivity contribution in [1.29, 1.82) is 0 Å². The van der Waals surface area contributed by atoms with Crippen LogP contribution < -0.4 is 5.32 Å². The van der Waals surface area contributed by atoms with Crippen molar-refractivity contribution in [2.75, 3.05) is 0 Å². The Kier molecular flexibility index (Phi) is 4.24. The van der Waals surface area contributed by atoms with Crippen molar-refractivity contribution in [1.82, 2.24) is 20.0 Å². The van der Waals surface area contributed by atoms with E-state index in [4.69, 9.17) is 4.52 Å². The largest absolute Gasteiger partial charge is 0.348 e. The highest BCUT2D eigenvalue weighted by Gasteiger charge is 2.23. The maximum atomic E-state index is 12.1. The Bertz CT molecular complexity index is 867. The topological polar surface area (TPSA) is 90.0 Å². The summed E-state index contributed by atoms with van der Waals surface area (Å²) in [4.78, 5) is 28.5. The molecule has 1 atom stereocenters. The fraction of sp³-hybridized carbons (Fsp3) is 0.176. The minimum Gasteiger partial charge on any atom is -0.348 e. The summed E-state index contributed by atoms with van der Waals surface area (Å²) in [5.41, 5.74) is 1.13. The molecule has 0 saturated heterocycles. The summed E-state index contributed by atoms with van der Waals surface area (Å²) in [6.45, 7) is 1.68. The van der Waals surface area contributed by atoms with Crippen LogP contribution in [-0.4, -0.2) is 26.4 Å². The minimum absolute atomic E-state index is 0.238. The number of nitrogens with zero attached hydrogens (tertiary/aromatic N) is 3. The number of hydrogen-bond donors (Lipinski definition) is 1. The van der Waals surface area contributed by atoms with Crippen LogP contribution in [0.4, 0.5) is 0 Å². The molecule has 3 aromatic rings. The Morgan fingerprint density at radius 2 is 1.92 bits per heavy atom. The first kappa shape index (κ1) is 15.7. The highest BCUT2D eigenvalue weighted by molar-refractivity contribution is 6.42. The second kappa shape index (κ2) is 6.49. The maximum Gasteiger partial charge on any atom is 0.294 e. The third-order valence-electron chi connectivity index (χ3n) is 3.57. The van der Waals surface area contributed by atoms with Crippen LogP contribution >= 0.6 is 0 Å². The van der Waals surface area contributed by atoms with Crippen LogP contribution in [0.15, 0.2) is 53.2 Å². The summed E-state index contributed by atoms with van der Waals surface area (Å²) in [6, 6.07) is 12.1. The SMILES string of the molecule is C[C@H](NC(=O)C(=O)c1cccn1C)c1nc(-c2ccccc2)no1. The molecule has 0 unspecified atom stereocenters. The van der Waals surface area contributed by atoms with E-state index in [9.17, 15) is 9.59 Å². The number of rotatable bonds is 5. The van der Waals surface area contributed by atoms with Crippen LogP contribution in [0.5, 0.6) is 0 Å². The van der Waals surface area contributed by atoms with Gasteiger partial charge < -0.3 is 14.4 Å². The first-order valence-corrected chi connectivity index (χ1v) is 7.42. The highest BCUT2D eigenvalue weighted by atomic mass is 16.5. The number of ketones is 1. The van der Waals surface area contributed by atoms with E-state index in [-0.39, 0.29) is 5.89 Å². The zero-order chi connectivity index (χ0) is 17.1. The van der Waals surface area contributed by atoms with Gasteiger partial charge in [0.25, 0.3) is 11.7 Å². The number of amides is 1. The first-order chi connectivity index (χ1) is 11.6. The molecule has 0 bridgehead atoms. The Morgan fingerprint density at radius 3 is 2.58 bits per heavy atom. The Morgan fingerprint density at radius 1 is 1.17 bits per heavy atom. The maximum absolute atomic E-state index is 12.1. The van der Waals surface area contributed by atoms with E-state index in [2.05, 4.69) is 15.5 Å². The van der Waals surface area contributed by atoms with Gasteiger partial charge in [0.2, 0.25) is 11.7 Å². The molecule has 0 fully saturated rings. The standard InChI is InChI=1S/C17H16N4O3/c1-11(18-16(23)14(22)13-9-6-10-21(13)2)17-19-15(20-24-17)12-7-4-3-5-8-12/h3-11H,1-2H3,(H,18,23)/t11-/m0/s1. The normalized spacial score (nSPS) is 11.9. The number of benzene rings is 1. The molecule has 1 aromatic carbocycles. The van der Waals surface area contributed by atoms with Crippen molar-refractivity contribution >= 4 is 11.7 Å². The number of hydrogen-bond acceptors (Lipinski definition) is 5. The van der Waals surface area contributed by atoms with Gasteiger partial charge in [-0.25, -0.2) is 0 Å². The smallest absolute Gasteiger partial charge is 0.294 e. The Hall–Kier alpha value is -3.22. The van der Waals surface area contributed by atoms with Crippen molar-refractivity contribution in [3.05, 3.63) is 60.2 Å². The van der Waals surface area contributed by atoms with Crippen LogP contribution in [-0.2, 0) is 11.8 Å². The molecular weight excluding hydrogens is 308 g/mol. The van der Waals surface area contributed by atoms with Crippen LogP contribution in [0.3, 0.4) is 0 Å². The van der Waals surface area contributed by atoms with Gasteiger partial charge in [0, 0.05) is 18.8 Å². The lowest BCUT2D eigenvalue weighted by Gasteiger charge is -2.09. The molecule has 2 heterocycles. The average Bonchev–Trinajstić information content (AvgIpc) is 3.24. The van der Waals surface area contributed by atoms with Crippen molar-refractivity contribution < 1.29 is 14.1 Å². The second-order valence-electron chi connectivity index (χ2n) is 5.35. The number of carbonyl (C=O) groups excluding carboxylic acids is 2. The van der Waals surface area contributed by atoms with Crippen molar-refractivity contribution in [2.24, 2.45) is 7.05 Å². The summed E-state index contributed by atoms with van der Waals surface area (Å²) in [5, 5.41) is 6.48. The van der Waals surface area contributed by atoms with E-state index < -0.39 is 17.7 Å². The molecule has 0 spiro atoms. The molecule has 7 heteroatoms. The summed E-state index contributed by atoms with van der Waals surface area (Å²) in [6.07, 6.45) is 1.70. The molecule has 0 aliphatic rings. The summed E-state index contributed by atoms with van der Waals surface area (Å²) in [5.74, 6) is -0.664. The lowest BCUT2D eigenvalue weighted by Crippen LogP contribution is -2.34. The summed E-state index contributed by atoms with van der Waals surface area (Å²) >= 11 is 0. The predicted molar refractivity (Wildman–Crippen MR) is 86.0 cm³/mol. The predicted octanol–water partition coefficient (Wildman–Crippen LogP) is 2.14. The number of aryl methyl sites for hydroxylation is 1. The van der Waals surface area contributed by atoms with Gasteiger partial charge in [0.1, 0.15) is 6.04 Å². The van der Waals surface area contributed by atoms with E-state index in [1.165, 1.54) is 0 Å². The monoisotopic (exact) mass is 324 g/mol. The zero-order valence-corrected chi connectivity index (χ0v) is 13.3. The van der Waals surface area contributed by atoms with Crippen molar-refractivity contribution in [2.45, 2.75) is 13.0 Å². The van der Waals surface area contributed by atoms with Crippen LogP contribution in [0.2, 0.25) is 0 Å². The second-order valence-corrected chi connectivity index (χ2v) is 5.35. The molecule has 122 valence electrons. The van der Waals surface area contributed by atoms with Gasteiger partial charge in [-0.1, -0.05) is 35.5 Å². The molecule has 0 radical (unpaired) electrons. The molecule has 7 nitrogen and oxygen atoms in total.